The largest absolute Gasteiger partial charge is 0.394 e. The summed E-state index contributed by atoms with van der Waals surface area (Å²) in [6.45, 7) is 0.0238. The molecule has 0 aliphatic carbocycles. The van der Waals surface area contributed by atoms with E-state index >= 15 is 0 Å². The lowest BCUT2D eigenvalue weighted by molar-refractivity contribution is -0.393. The van der Waals surface area contributed by atoms with E-state index in [1.165, 1.54) is 0 Å². The number of nitro benzene ring substituents is 2. The van der Waals surface area contributed by atoms with E-state index in [4.69, 9.17) is 5.11 Å². The van der Waals surface area contributed by atoms with Gasteiger partial charge in [0.05, 0.1) is 28.6 Å². The van der Waals surface area contributed by atoms with Crippen molar-refractivity contribution in [1.82, 2.24) is 5.32 Å². The van der Waals surface area contributed by atoms with Crippen LogP contribution in [0.15, 0.2) is 12.1 Å². The van der Waals surface area contributed by atoms with Gasteiger partial charge in [0.1, 0.15) is 11.3 Å². The molecule has 3 N–H and O–H groups in total. The van der Waals surface area contributed by atoms with Crippen LogP contribution in [0, 0.1) is 20.2 Å². The van der Waals surface area contributed by atoms with E-state index in [0.29, 0.717) is 21.9 Å². The van der Waals surface area contributed by atoms with Gasteiger partial charge < -0.3 is 20.4 Å². The van der Waals surface area contributed by atoms with Gasteiger partial charge in [0.2, 0.25) is 0 Å². The summed E-state index contributed by atoms with van der Waals surface area (Å²) < 4.78 is 1.32. The minimum absolute atomic E-state index is 0.117. The molecule has 150 valence electrons. The van der Waals surface area contributed by atoms with Gasteiger partial charge in [0, 0.05) is 28.5 Å². The Morgan fingerprint density at radius 3 is 2.15 bits per heavy atom. The molecule has 13 heteroatoms. The Morgan fingerprint density at radius 1 is 1.15 bits per heavy atom. The van der Waals surface area contributed by atoms with E-state index in [0.717, 1.165) is 12.1 Å². The number of nitrogens with zero attached hydrogens (tertiary/aromatic N) is 3. The van der Waals surface area contributed by atoms with E-state index in [1.807, 2.05) is 0 Å². The average molecular weight is 608 g/mol. The van der Waals surface area contributed by atoms with Crippen LogP contribution in [-0.4, -0.2) is 67.2 Å². The Balaban J connectivity index is 3.47. The van der Waals surface area contributed by atoms with Crippen LogP contribution >= 0.6 is 45.2 Å². The van der Waals surface area contributed by atoms with Crippen molar-refractivity contribution in [3.63, 3.8) is 0 Å². The number of nitro groups is 2. The monoisotopic (exact) mass is 608 g/mol. The van der Waals surface area contributed by atoms with Gasteiger partial charge in [-0.2, -0.15) is 0 Å². The molecular weight excluding hydrogens is 590 g/mol. The summed E-state index contributed by atoms with van der Waals surface area (Å²) in [5, 5.41) is 43.2. The number of carbonyl (C=O) groups is 1. The van der Waals surface area contributed by atoms with E-state index in [9.17, 15) is 30.1 Å². The summed E-state index contributed by atoms with van der Waals surface area (Å²) in [4.78, 5) is 35.2. The van der Waals surface area contributed by atoms with Crippen molar-refractivity contribution in [3.8, 4) is 0 Å². The highest BCUT2D eigenvalue weighted by Crippen LogP contribution is 2.35. The molecule has 11 nitrogen and oxygen atoms in total. The van der Waals surface area contributed by atoms with Gasteiger partial charge in [-0.1, -0.05) is 45.2 Å². The number of hydrogen-bond donors (Lipinski definition) is 3. The molecule has 1 aromatic carbocycles. The van der Waals surface area contributed by atoms with Gasteiger partial charge in [-0.25, -0.2) is 0 Å². The first-order chi connectivity index (χ1) is 12.8. The van der Waals surface area contributed by atoms with Crippen molar-refractivity contribution in [2.24, 2.45) is 0 Å². The van der Waals surface area contributed by atoms with Crippen LogP contribution in [-0.2, 0) is 0 Å². The maximum atomic E-state index is 12.4. The molecule has 1 atom stereocenters. The number of nitrogens with one attached hydrogen (secondary N) is 1. The number of carbonyl (C=O) groups excluding carboxylic acids is 1. The van der Waals surface area contributed by atoms with Crippen molar-refractivity contribution < 1.29 is 24.9 Å². The second-order valence-corrected chi connectivity index (χ2v) is 7.44. The van der Waals surface area contributed by atoms with Gasteiger partial charge in [-0.15, -0.1) is 0 Å². The first kappa shape index (κ1) is 23.7. The maximum absolute atomic E-state index is 12.4. The number of rotatable bonds is 11. The van der Waals surface area contributed by atoms with Gasteiger partial charge >= 0.3 is 0 Å². The summed E-state index contributed by atoms with van der Waals surface area (Å²) in [7, 11) is 0. The lowest BCUT2D eigenvalue weighted by atomic mass is 10.1. The van der Waals surface area contributed by atoms with Crippen molar-refractivity contribution in [2.75, 3.05) is 40.0 Å². The maximum Gasteiger partial charge on any atom is 0.299 e. The SMILES string of the molecule is O=C(NCC(O)CO)c1cc(N(CCI)CCI)c([N+](=O)[O-])cc1[N+](=O)[O-]. The molecule has 0 saturated carbocycles. The molecule has 1 rings (SSSR count). The zero-order valence-electron chi connectivity index (χ0n) is 14.0. The number of aliphatic hydroxyl groups is 2. The zero-order chi connectivity index (χ0) is 20.6. The number of anilines is 1. The van der Waals surface area contributed by atoms with Crippen molar-refractivity contribution in [3.05, 3.63) is 37.9 Å². The quantitative estimate of drug-likeness (QED) is 0.147. The fourth-order valence-corrected chi connectivity index (χ4v) is 3.39. The molecule has 0 bridgehead atoms. The lowest BCUT2D eigenvalue weighted by Gasteiger charge is -2.23. The molecule has 0 heterocycles. The normalized spacial score (nSPS) is 11.7. The van der Waals surface area contributed by atoms with E-state index in [-0.39, 0.29) is 17.8 Å². The first-order valence-corrected chi connectivity index (χ1v) is 10.7. The Bertz CT molecular complexity index is 698. The van der Waals surface area contributed by atoms with Crippen LogP contribution < -0.4 is 10.2 Å². The van der Waals surface area contributed by atoms with Crippen LogP contribution in [0.4, 0.5) is 17.1 Å². The fraction of sp³-hybridized carbons (Fsp3) is 0.500. The molecular formula is C14H18I2N4O7. The molecule has 1 amide bonds. The third-order valence-corrected chi connectivity index (χ3v) is 4.45. The number of halogens is 2. The van der Waals surface area contributed by atoms with Crippen molar-refractivity contribution in [1.29, 1.82) is 0 Å². The highest BCUT2D eigenvalue weighted by atomic mass is 127. The summed E-state index contributed by atoms with van der Waals surface area (Å²) in [6, 6.07) is 1.91. The summed E-state index contributed by atoms with van der Waals surface area (Å²) in [5.74, 6) is -0.866. The molecule has 27 heavy (non-hydrogen) atoms. The molecule has 0 aliphatic rings. The van der Waals surface area contributed by atoms with Crippen LogP contribution in [0.1, 0.15) is 10.4 Å². The molecule has 1 unspecified atom stereocenters. The van der Waals surface area contributed by atoms with Gasteiger partial charge in [-0.3, -0.25) is 25.0 Å². The highest BCUT2D eigenvalue weighted by Gasteiger charge is 2.30. The van der Waals surface area contributed by atoms with Gasteiger partial charge in [0.15, 0.2) is 0 Å². The van der Waals surface area contributed by atoms with Crippen molar-refractivity contribution >= 4 is 68.2 Å². The average Bonchev–Trinajstić information content (AvgIpc) is 2.64. The second-order valence-electron chi connectivity index (χ2n) is 5.28. The highest BCUT2D eigenvalue weighted by molar-refractivity contribution is 14.1. The molecule has 0 spiro atoms. The topological polar surface area (TPSA) is 159 Å². The van der Waals surface area contributed by atoms with Gasteiger partial charge in [-0.05, 0) is 6.07 Å². The molecule has 0 aromatic heterocycles. The molecule has 0 fully saturated rings. The second kappa shape index (κ2) is 11.5. The number of amides is 1. The number of benzene rings is 1. The zero-order valence-corrected chi connectivity index (χ0v) is 18.3. The number of alkyl halides is 2. The van der Waals surface area contributed by atoms with Crippen LogP contribution in [0.25, 0.3) is 0 Å². The summed E-state index contributed by atoms with van der Waals surface area (Å²) in [5.41, 5.74) is -1.39. The van der Waals surface area contributed by atoms with E-state index in [1.54, 1.807) is 4.90 Å². The van der Waals surface area contributed by atoms with Crippen LogP contribution in [0.2, 0.25) is 0 Å². The Labute approximate surface area is 181 Å². The molecule has 0 saturated heterocycles. The molecule has 0 aliphatic heterocycles. The lowest BCUT2D eigenvalue weighted by Crippen LogP contribution is -2.34. The minimum atomic E-state index is -1.22. The fourth-order valence-electron chi connectivity index (χ4n) is 2.23. The Hall–Kier alpha value is -1.33. The molecule has 1 aromatic rings. The third-order valence-electron chi connectivity index (χ3n) is 3.49. The number of aliphatic hydroxyl groups excluding tert-OH is 2. The van der Waals surface area contributed by atoms with Crippen LogP contribution in [0.3, 0.4) is 0 Å². The number of hydrogen-bond acceptors (Lipinski definition) is 8. The van der Waals surface area contributed by atoms with E-state index in [2.05, 4.69) is 50.5 Å². The Kier molecular flexibility index (Phi) is 10.1. The molecule has 0 radical (unpaired) electrons. The predicted molar refractivity (Wildman–Crippen MR) is 115 cm³/mol. The standard InChI is InChI=1S/C14H18I2N4O7/c15-1-3-18(4-2-16)12-5-10(14(23)17-7-9(22)8-21)11(19(24)25)6-13(12)20(26)27/h5-6,9,21-22H,1-4,7-8H2,(H,17,23). The third kappa shape index (κ3) is 6.65. The smallest absolute Gasteiger partial charge is 0.299 e. The van der Waals surface area contributed by atoms with Crippen LogP contribution in [0.5, 0.6) is 0 Å². The van der Waals surface area contributed by atoms with E-state index < -0.39 is 39.8 Å². The minimum Gasteiger partial charge on any atom is -0.394 e. The Morgan fingerprint density at radius 2 is 1.70 bits per heavy atom. The van der Waals surface area contributed by atoms with Gasteiger partial charge in [0.25, 0.3) is 17.3 Å². The first-order valence-electron chi connectivity index (χ1n) is 7.67. The summed E-state index contributed by atoms with van der Waals surface area (Å²) >= 11 is 4.22. The predicted octanol–water partition coefficient (Wildman–Crippen LogP) is 1.26. The van der Waals surface area contributed by atoms with Crippen molar-refractivity contribution in [2.45, 2.75) is 6.10 Å². The summed E-state index contributed by atoms with van der Waals surface area (Å²) in [6.07, 6.45) is -1.22.